The largest absolute Gasteiger partial charge is 0.487 e. The zero-order chi connectivity index (χ0) is 18.8. The number of fused-ring (bicyclic) bond motifs is 2. The first-order chi connectivity index (χ1) is 13.1. The molecule has 0 aliphatic carbocycles. The third kappa shape index (κ3) is 3.61. The predicted molar refractivity (Wildman–Crippen MR) is 99.6 cm³/mol. The van der Waals surface area contributed by atoms with Crippen LogP contribution in [-0.4, -0.2) is 24.4 Å². The van der Waals surface area contributed by atoms with Gasteiger partial charge in [-0.1, -0.05) is 11.6 Å². The molecule has 1 aromatic heterocycles. The Bertz CT molecular complexity index is 1000. The van der Waals surface area contributed by atoms with Gasteiger partial charge in [-0.05, 0) is 43.3 Å². The minimum absolute atomic E-state index is 0.111. The summed E-state index contributed by atoms with van der Waals surface area (Å²) in [6.07, 6.45) is 0. The SMILES string of the molecule is CCOC(=O)c1cc2cc3c(cc2nc1COc1ccc(Cl)cc1)OCO3. The second-order valence-corrected chi connectivity index (χ2v) is 6.28. The zero-order valence-electron chi connectivity index (χ0n) is 14.5. The van der Waals surface area contributed by atoms with E-state index < -0.39 is 5.97 Å². The first-order valence-electron chi connectivity index (χ1n) is 8.43. The lowest BCUT2D eigenvalue weighted by atomic mass is 10.1. The second-order valence-electron chi connectivity index (χ2n) is 5.84. The van der Waals surface area contributed by atoms with Gasteiger partial charge in [-0.15, -0.1) is 0 Å². The van der Waals surface area contributed by atoms with Gasteiger partial charge in [0, 0.05) is 16.5 Å². The molecule has 2 aromatic carbocycles. The average molecular weight is 386 g/mol. The van der Waals surface area contributed by atoms with E-state index in [1.54, 1.807) is 49.4 Å². The van der Waals surface area contributed by atoms with Crippen LogP contribution in [0.3, 0.4) is 0 Å². The minimum atomic E-state index is -0.445. The molecule has 0 fully saturated rings. The van der Waals surface area contributed by atoms with E-state index in [9.17, 15) is 4.79 Å². The number of carbonyl (C=O) groups is 1. The lowest BCUT2D eigenvalue weighted by Crippen LogP contribution is -2.12. The molecule has 0 unspecified atom stereocenters. The van der Waals surface area contributed by atoms with Crippen LogP contribution in [0, 0.1) is 0 Å². The van der Waals surface area contributed by atoms with Gasteiger partial charge in [0.25, 0.3) is 0 Å². The van der Waals surface area contributed by atoms with E-state index >= 15 is 0 Å². The lowest BCUT2D eigenvalue weighted by molar-refractivity contribution is 0.0523. The number of hydrogen-bond donors (Lipinski definition) is 0. The summed E-state index contributed by atoms with van der Waals surface area (Å²) in [7, 11) is 0. The molecule has 2 heterocycles. The van der Waals surface area contributed by atoms with Crippen LogP contribution in [0.4, 0.5) is 0 Å². The van der Waals surface area contributed by atoms with Gasteiger partial charge in [-0.25, -0.2) is 9.78 Å². The molecule has 0 radical (unpaired) electrons. The summed E-state index contributed by atoms with van der Waals surface area (Å²) < 4.78 is 21.7. The number of rotatable bonds is 5. The molecule has 27 heavy (non-hydrogen) atoms. The van der Waals surface area contributed by atoms with Gasteiger partial charge in [0.2, 0.25) is 6.79 Å². The summed E-state index contributed by atoms with van der Waals surface area (Å²) in [5.41, 5.74) is 1.52. The molecule has 0 saturated carbocycles. The van der Waals surface area contributed by atoms with Crippen molar-refractivity contribution in [2.45, 2.75) is 13.5 Å². The van der Waals surface area contributed by atoms with Gasteiger partial charge >= 0.3 is 5.97 Å². The third-order valence-electron chi connectivity index (χ3n) is 4.07. The number of benzene rings is 2. The Morgan fingerprint density at radius 2 is 1.89 bits per heavy atom. The number of ether oxygens (including phenoxy) is 4. The number of aromatic nitrogens is 1. The van der Waals surface area contributed by atoms with Gasteiger partial charge in [-0.3, -0.25) is 0 Å². The summed E-state index contributed by atoms with van der Waals surface area (Å²) in [6, 6.07) is 12.3. The highest BCUT2D eigenvalue weighted by atomic mass is 35.5. The van der Waals surface area contributed by atoms with Gasteiger partial charge in [0.15, 0.2) is 11.5 Å². The Hall–Kier alpha value is -2.99. The number of halogens is 1. The molecule has 0 bridgehead atoms. The molecule has 0 atom stereocenters. The maximum Gasteiger partial charge on any atom is 0.340 e. The van der Waals surface area contributed by atoms with E-state index in [0.717, 1.165) is 5.39 Å². The molecule has 0 N–H and O–H groups in total. The number of hydrogen-bond acceptors (Lipinski definition) is 6. The highest BCUT2D eigenvalue weighted by Crippen LogP contribution is 2.36. The first kappa shape index (κ1) is 17.4. The minimum Gasteiger partial charge on any atom is -0.487 e. The normalized spacial score (nSPS) is 12.2. The maximum absolute atomic E-state index is 12.4. The fraction of sp³-hybridized carbons (Fsp3) is 0.200. The van der Waals surface area contributed by atoms with Crippen molar-refractivity contribution in [3.8, 4) is 17.2 Å². The van der Waals surface area contributed by atoms with Crippen molar-refractivity contribution in [1.29, 1.82) is 0 Å². The summed E-state index contributed by atoms with van der Waals surface area (Å²) in [4.78, 5) is 17.0. The van der Waals surface area contributed by atoms with Crippen LogP contribution in [0.1, 0.15) is 23.0 Å². The van der Waals surface area contributed by atoms with E-state index in [2.05, 4.69) is 4.98 Å². The summed E-state index contributed by atoms with van der Waals surface area (Å²) in [5, 5.41) is 1.38. The smallest absolute Gasteiger partial charge is 0.340 e. The topological polar surface area (TPSA) is 66.9 Å². The van der Waals surface area contributed by atoms with Crippen LogP contribution >= 0.6 is 11.6 Å². The Morgan fingerprint density at radius 3 is 2.63 bits per heavy atom. The highest BCUT2D eigenvalue weighted by molar-refractivity contribution is 6.30. The Balaban J connectivity index is 1.71. The van der Waals surface area contributed by atoms with Gasteiger partial charge in [0.1, 0.15) is 12.4 Å². The van der Waals surface area contributed by atoms with Crippen LogP contribution in [-0.2, 0) is 11.3 Å². The monoisotopic (exact) mass is 385 g/mol. The summed E-state index contributed by atoms with van der Waals surface area (Å²) in [5.74, 6) is 1.44. The molecule has 7 heteroatoms. The molecule has 3 aromatic rings. The second kappa shape index (κ2) is 7.32. The molecular formula is C20H16ClNO5. The Labute approximate surface area is 160 Å². The van der Waals surface area contributed by atoms with Gasteiger partial charge in [-0.2, -0.15) is 0 Å². The summed E-state index contributed by atoms with van der Waals surface area (Å²) >= 11 is 5.89. The summed E-state index contributed by atoms with van der Waals surface area (Å²) in [6.45, 7) is 2.31. The Morgan fingerprint density at radius 1 is 1.15 bits per heavy atom. The fourth-order valence-corrected chi connectivity index (χ4v) is 2.91. The zero-order valence-corrected chi connectivity index (χ0v) is 15.3. The lowest BCUT2D eigenvalue weighted by Gasteiger charge is -2.12. The van der Waals surface area contributed by atoms with E-state index in [-0.39, 0.29) is 20.0 Å². The van der Waals surface area contributed by atoms with Crippen molar-refractivity contribution in [2.24, 2.45) is 0 Å². The molecule has 6 nitrogen and oxygen atoms in total. The molecule has 1 aliphatic heterocycles. The van der Waals surface area contributed by atoms with Crippen molar-refractivity contribution in [2.75, 3.05) is 13.4 Å². The standard InChI is InChI=1S/C20H16ClNO5/c1-2-24-20(23)15-7-12-8-18-19(27-11-26-18)9-16(12)22-17(15)10-25-14-5-3-13(21)4-6-14/h3-9H,2,10-11H2,1H3. The van der Waals surface area contributed by atoms with Gasteiger partial charge in [0.05, 0.1) is 23.4 Å². The number of esters is 1. The van der Waals surface area contributed by atoms with E-state index in [1.807, 2.05) is 0 Å². The average Bonchev–Trinajstić information content (AvgIpc) is 3.12. The van der Waals surface area contributed by atoms with Crippen LogP contribution in [0.15, 0.2) is 42.5 Å². The van der Waals surface area contributed by atoms with Crippen LogP contribution in [0.25, 0.3) is 10.9 Å². The predicted octanol–water partition coefficient (Wildman–Crippen LogP) is 4.37. The number of carbonyl (C=O) groups excluding carboxylic acids is 1. The van der Waals surface area contributed by atoms with E-state index in [0.29, 0.717) is 39.0 Å². The highest BCUT2D eigenvalue weighted by Gasteiger charge is 2.20. The molecule has 4 rings (SSSR count). The van der Waals surface area contributed by atoms with Gasteiger partial charge < -0.3 is 18.9 Å². The third-order valence-corrected chi connectivity index (χ3v) is 4.32. The van der Waals surface area contributed by atoms with Crippen LogP contribution < -0.4 is 14.2 Å². The number of nitrogens with zero attached hydrogens (tertiary/aromatic N) is 1. The van der Waals surface area contributed by atoms with E-state index in [4.69, 9.17) is 30.5 Å². The molecule has 0 spiro atoms. The van der Waals surface area contributed by atoms with Crippen molar-refractivity contribution in [1.82, 2.24) is 4.98 Å². The van der Waals surface area contributed by atoms with Crippen molar-refractivity contribution >= 4 is 28.5 Å². The van der Waals surface area contributed by atoms with Crippen molar-refractivity contribution in [3.63, 3.8) is 0 Å². The number of pyridine rings is 1. The molecule has 0 amide bonds. The van der Waals surface area contributed by atoms with Crippen molar-refractivity contribution in [3.05, 3.63) is 58.7 Å². The molecular weight excluding hydrogens is 370 g/mol. The van der Waals surface area contributed by atoms with Crippen LogP contribution in [0.5, 0.6) is 17.2 Å². The molecule has 138 valence electrons. The quantitative estimate of drug-likeness (QED) is 0.607. The first-order valence-corrected chi connectivity index (χ1v) is 8.80. The fourth-order valence-electron chi connectivity index (χ4n) is 2.78. The molecule has 1 aliphatic rings. The van der Waals surface area contributed by atoms with Crippen LogP contribution in [0.2, 0.25) is 5.02 Å². The van der Waals surface area contributed by atoms with Crippen molar-refractivity contribution < 1.29 is 23.7 Å². The Kier molecular flexibility index (Phi) is 4.73. The maximum atomic E-state index is 12.4. The molecule has 0 saturated heterocycles. The van der Waals surface area contributed by atoms with E-state index in [1.165, 1.54) is 0 Å².